The monoisotopic (exact) mass is 335 g/mol. The highest BCUT2D eigenvalue weighted by molar-refractivity contribution is 7.18. The first kappa shape index (κ1) is 16.6. The minimum absolute atomic E-state index is 0.0593. The van der Waals surface area contributed by atoms with E-state index in [-0.39, 0.29) is 24.8 Å². The van der Waals surface area contributed by atoms with Crippen molar-refractivity contribution in [1.82, 2.24) is 10.6 Å². The smallest absolute Gasteiger partial charge is 0.320 e. The fourth-order valence-corrected chi connectivity index (χ4v) is 2.46. The van der Waals surface area contributed by atoms with E-state index in [1.165, 1.54) is 11.3 Å². The molecule has 3 amide bonds. The lowest BCUT2D eigenvalue weighted by atomic mass is 10.4. The Morgan fingerprint density at radius 1 is 1.26 bits per heavy atom. The number of thiophene rings is 1. The van der Waals surface area contributed by atoms with Crippen LogP contribution >= 0.6 is 11.3 Å². The van der Waals surface area contributed by atoms with Gasteiger partial charge in [-0.25, -0.2) is 4.79 Å². The topological polar surface area (TPSA) is 133 Å². The van der Waals surface area contributed by atoms with Gasteiger partial charge in [0.2, 0.25) is 5.91 Å². The van der Waals surface area contributed by atoms with Crippen molar-refractivity contribution in [2.24, 2.45) is 5.73 Å². The van der Waals surface area contributed by atoms with Crippen LogP contribution in [0.25, 0.3) is 0 Å². The summed E-state index contributed by atoms with van der Waals surface area (Å²) < 4.78 is 5.32. The minimum atomic E-state index is -0.508. The van der Waals surface area contributed by atoms with Crippen molar-refractivity contribution in [3.05, 3.63) is 40.7 Å². The highest BCUT2D eigenvalue weighted by atomic mass is 32.1. The summed E-state index contributed by atoms with van der Waals surface area (Å²) in [5.41, 5.74) is 5.34. The zero-order valence-electron chi connectivity index (χ0n) is 12.4. The molecule has 0 atom stereocenters. The Hall–Kier alpha value is -2.81. The van der Waals surface area contributed by atoms with E-state index < -0.39 is 6.03 Å². The summed E-state index contributed by atoms with van der Waals surface area (Å²) in [6, 6.07) is 6.36. The molecule has 2 heterocycles. The van der Waals surface area contributed by atoms with Gasteiger partial charge in [-0.3, -0.25) is 15.5 Å². The molecule has 0 aliphatic rings. The van der Waals surface area contributed by atoms with Crippen molar-refractivity contribution in [2.45, 2.75) is 13.5 Å². The summed E-state index contributed by atoms with van der Waals surface area (Å²) in [6.07, 6.45) is 0. The zero-order chi connectivity index (χ0) is 16.8. The van der Waals surface area contributed by atoms with Crippen molar-refractivity contribution >= 4 is 34.1 Å². The molecule has 122 valence electrons. The predicted octanol–water partition coefficient (Wildman–Crippen LogP) is 1.37. The van der Waals surface area contributed by atoms with Crippen LogP contribution in [0.5, 0.6) is 0 Å². The molecule has 9 heteroatoms. The standard InChI is InChI=1S/C14H17N5O3S/c1-8-2-3-9(22-8)6-17-11(20)7-18-14(21)19-12-5-4-10(23-12)13(15)16/h2-5H,6-7H2,1H3,(H3,15,16)(H,17,20)(H2,18,19,21). The lowest BCUT2D eigenvalue weighted by molar-refractivity contribution is -0.120. The van der Waals surface area contributed by atoms with Crippen LogP contribution in [0.15, 0.2) is 28.7 Å². The molecule has 2 aromatic heterocycles. The number of amides is 3. The number of anilines is 1. The predicted molar refractivity (Wildman–Crippen MR) is 87.6 cm³/mol. The van der Waals surface area contributed by atoms with Gasteiger partial charge in [0.15, 0.2) is 0 Å². The lowest BCUT2D eigenvalue weighted by Crippen LogP contribution is -2.38. The maximum Gasteiger partial charge on any atom is 0.320 e. The summed E-state index contributed by atoms with van der Waals surface area (Å²) in [5, 5.41) is 15.5. The number of carbonyl (C=O) groups is 2. The van der Waals surface area contributed by atoms with Gasteiger partial charge in [-0.15, -0.1) is 11.3 Å². The molecule has 0 unspecified atom stereocenters. The number of aryl methyl sites for hydroxylation is 1. The third-order valence-corrected chi connectivity index (χ3v) is 3.81. The third kappa shape index (κ3) is 5.15. The molecule has 0 aliphatic carbocycles. The molecule has 0 aliphatic heterocycles. The first-order chi connectivity index (χ1) is 10.9. The number of nitrogen functional groups attached to an aromatic ring is 1. The van der Waals surface area contributed by atoms with Gasteiger partial charge in [0.05, 0.1) is 23.0 Å². The van der Waals surface area contributed by atoms with Gasteiger partial charge in [-0.2, -0.15) is 0 Å². The van der Waals surface area contributed by atoms with Crippen LogP contribution in [-0.2, 0) is 11.3 Å². The molecule has 8 nitrogen and oxygen atoms in total. The normalized spacial score (nSPS) is 10.1. The van der Waals surface area contributed by atoms with E-state index in [2.05, 4.69) is 16.0 Å². The summed E-state index contributed by atoms with van der Waals surface area (Å²) in [5.74, 6) is 1.03. The molecule has 0 bridgehead atoms. The van der Waals surface area contributed by atoms with E-state index in [9.17, 15) is 9.59 Å². The SMILES string of the molecule is Cc1ccc(CNC(=O)CNC(=O)Nc2ccc(C(=N)N)s2)o1. The Bertz CT molecular complexity index is 722. The second kappa shape index (κ2) is 7.45. The van der Waals surface area contributed by atoms with Crippen LogP contribution in [0.1, 0.15) is 16.4 Å². The van der Waals surface area contributed by atoms with Crippen molar-refractivity contribution in [3.8, 4) is 0 Å². The minimum Gasteiger partial charge on any atom is -0.465 e. The molecular formula is C14H17N5O3S. The Morgan fingerprint density at radius 2 is 2.04 bits per heavy atom. The third-order valence-electron chi connectivity index (χ3n) is 2.77. The van der Waals surface area contributed by atoms with E-state index in [4.69, 9.17) is 15.6 Å². The number of hydrogen-bond acceptors (Lipinski definition) is 5. The molecule has 2 aromatic rings. The average molecular weight is 335 g/mol. The second-order valence-electron chi connectivity index (χ2n) is 4.67. The lowest BCUT2D eigenvalue weighted by Gasteiger charge is -2.06. The van der Waals surface area contributed by atoms with Crippen molar-refractivity contribution < 1.29 is 14.0 Å². The Morgan fingerprint density at radius 3 is 2.65 bits per heavy atom. The zero-order valence-corrected chi connectivity index (χ0v) is 13.3. The summed E-state index contributed by atoms with van der Waals surface area (Å²) >= 11 is 1.18. The van der Waals surface area contributed by atoms with Crippen LogP contribution in [0.3, 0.4) is 0 Å². The van der Waals surface area contributed by atoms with Gasteiger partial charge in [0.1, 0.15) is 17.4 Å². The quantitative estimate of drug-likeness (QED) is 0.403. The number of hydrogen-bond donors (Lipinski definition) is 5. The molecule has 0 aromatic carbocycles. The van der Waals surface area contributed by atoms with Gasteiger partial charge in [0, 0.05) is 0 Å². The number of nitrogens with two attached hydrogens (primary N) is 1. The number of carbonyl (C=O) groups excluding carboxylic acids is 2. The molecule has 2 rings (SSSR count). The van der Waals surface area contributed by atoms with E-state index in [0.29, 0.717) is 15.6 Å². The molecular weight excluding hydrogens is 318 g/mol. The van der Waals surface area contributed by atoms with Gasteiger partial charge < -0.3 is 20.8 Å². The number of rotatable bonds is 6. The van der Waals surface area contributed by atoms with E-state index in [1.54, 1.807) is 18.2 Å². The van der Waals surface area contributed by atoms with Gasteiger partial charge in [-0.1, -0.05) is 0 Å². The first-order valence-corrected chi connectivity index (χ1v) is 7.57. The summed E-state index contributed by atoms with van der Waals surface area (Å²) in [6.45, 7) is 1.93. The Labute approximate surface area is 136 Å². The average Bonchev–Trinajstić information content (AvgIpc) is 3.12. The van der Waals surface area contributed by atoms with E-state index in [1.807, 2.05) is 13.0 Å². The maximum atomic E-state index is 11.7. The van der Waals surface area contributed by atoms with E-state index >= 15 is 0 Å². The molecule has 0 saturated heterocycles. The van der Waals surface area contributed by atoms with Crippen LogP contribution < -0.4 is 21.7 Å². The summed E-state index contributed by atoms with van der Waals surface area (Å²) in [7, 11) is 0. The van der Waals surface area contributed by atoms with Crippen LogP contribution in [0, 0.1) is 12.3 Å². The highest BCUT2D eigenvalue weighted by Crippen LogP contribution is 2.20. The van der Waals surface area contributed by atoms with Gasteiger partial charge in [-0.05, 0) is 31.2 Å². The van der Waals surface area contributed by atoms with E-state index in [0.717, 1.165) is 5.76 Å². The van der Waals surface area contributed by atoms with Crippen molar-refractivity contribution in [2.75, 3.05) is 11.9 Å². The number of nitrogens with one attached hydrogen (secondary N) is 4. The second-order valence-corrected chi connectivity index (χ2v) is 5.76. The Balaban J connectivity index is 1.70. The van der Waals surface area contributed by atoms with Crippen molar-refractivity contribution in [3.63, 3.8) is 0 Å². The molecule has 0 fully saturated rings. The number of furan rings is 1. The highest BCUT2D eigenvalue weighted by Gasteiger charge is 2.08. The molecule has 6 N–H and O–H groups in total. The fourth-order valence-electron chi connectivity index (χ4n) is 1.69. The van der Waals surface area contributed by atoms with Gasteiger partial charge >= 0.3 is 6.03 Å². The van der Waals surface area contributed by atoms with Crippen LogP contribution in [-0.4, -0.2) is 24.3 Å². The molecule has 0 saturated carbocycles. The first-order valence-electron chi connectivity index (χ1n) is 6.75. The molecule has 0 spiro atoms. The number of amidine groups is 1. The van der Waals surface area contributed by atoms with Crippen LogP contribution in [0.4, 0.5) is 9.80 Å². The van der Waals surface area contributed by atoms with Gasteiger partial charge in [0.25, 0.3) is 0 Å². The largest absolute Gasteiger partial charge is 0.465 e. The summed E-state index contributed by atoms with van der Waals surface area (Å²) in [4.78, 5) is 23.9. The maximum absolute atomic E-state index is 11.7. The van der Waals surface area contributed by atoms with Crippen molar-refractivity contribution in [1.29, 1.82) is 5.41 Å². The molecule has 23 heavy (non-hydrogen) atoms. The fraction of sp³-hybridized carbons (Fsp3) is 0.214. The van der Waals surface area contributed by atoms with Crippen LogP contribution in [0.2, 0.25) is 0 Å². The Kier molecular flexibility index (Phi) is 5.36. The number of urea groups is 1. The molecule has 0 radical (unpaired) electrons.